The van der Waals surface area contributed by atoms with Gasteiger partial charge in [0, 0.05) is 6.07 Å². The maximum atomic E-state index is 12.2. The van der Waals surface area contributed by atoms with Crippen LogP contribution >= 0.6 is 11.6 Å². The molecule has 0 aliphatic rings. The molecule has 2 N–H and O–H groups in total. The molecule has 0 saturated heterocycles. The minimum atomic E-state index is -0.287. The number of anilines is 3. The van der Waals surface area contributed by atoms with Crippen molar-refractivity contribution in [3.8, 4) is 0 Å². The number of rotatable bonds is 4. The van der Waals surface area contributed by atoms with Crippen molar-refractivity contribution in [2.75, 3.05) is 10.6 Å². The van der Waals surface area contributed by atoms with E-state index in [1.807, 2.05) is 0 Å². The summed E-state index contributed by atoms with van der Waals surface area (Å²) in [4.78, 5) is 16.4. The van der Waals surface area contributed by atoms with Gasteiger partial charge in [-0.2, -0.15) is 0 Å². The highest BCUT2D eigenvalue weighted by molar-refractivity contribution is 6.34. The number of nitrogens with zero attached hydrogens (tertiary/aromatic N) is 2. The van der Waals surface area contributed by atoms with Gasteiger partial charge in [-0.05, 0) is 31.2 Å². The van der Waals surface area contributed by atoms with Crippen LogP contribution in [0.25, 0.3) is 0 Å². The van der Waals surface area contributed by atoms with E-state index in [0.717, 1.165) is 0 Å². The number of carbonyl (C=O) groups excluding carboxylic acids is 1. The van der Waals surface area contributed by atoms with Crippen LogP contribution in [0.5, 0.6) is 0 Å². The maximum absolute atomic E-state index is 12.2. The van der Waals surface area contributed by atoms with Crippen LogP contribution in [0.4, 0.5) is 17.3 Å². The first-order valence-corrected chi connectivity index (χ1v) is 7.22. The van der Waals surface area contributed by atoms with E-state index in [9.17, 15) is 4.79 Å². The lowest BCUT2D eigenvalue weighted by atomic mass is 10.2. The molecule has 6 nitrogen and oxygen atoms in total. The van der Waals surface area contributed by atoms with Crippen LogP contribution in [0, 0.1) is 6.92 Å². The molecule has 0 bridgehead atoms. The standard InChI is InChI=1S/C16H13ClN4O2/c1-10-8-15(21-23-10)20-14-7-6-11(9-18-14)19-16(22)12-4-2-3-5-13(12)17/h2-9H,1H3,(H,19,22)(H,18,20,21). The van der Waals surface area contributed by atoms with E-state index in [1.54, 1.807) is 55.6 Å². The van der Waals surface area contributed by atoms with E-state index >= 15 is 0 Å². The van der Waals surface area contributed by atoms with Crippen molar-refractivity contribution in [3.63, 3.8) is 0 Å². The van der Waals surface area contributed by atoms with Crippen molar-refractivity contribution in [2.45, 2.75) is 6.92 Å². The first-order valence-electron chi connectivity index (χ1n) is 6.84. The Kier molecular flexibility index (Phi) is 4.25. The Morgan fingerprint density at radius 3 is 2.65 bits per heavy atom. The van der Waals surface area contributed by atoms with Crippen LogP contribution in [-0.2, 0) is 0 Å². The summed E-state index contributed by atoms with van der Waals surface area (Å²) in [6.07, 6.45) is 1.55. The van der Waals surface area contributed by atoms with Crippen LogP contribution in [0.2, 0.25) is 5.02 Å². The molecule has 0 atom stereocenters. The molecule has 1 amide bonds. The van der Waals surface area contributed by atoms with Crippen LogP contribution in [0.1, 0.15) is 16.1 Å². The van der Waals surface area contributed by atoms with Gasteiger partial charge in [0.05, 0.1) is 22.5 Å². The largest absolute Gasteiger partial charge is 0.360 e. The Morgan fingerprint density at radius 1 is 1.17 bits per heavy atom. The maximum Gasteiger partial charge on any atom is 0.257 e. The zero-order valence-corrected chi connectivity index (χ0v) is 13.0. The summed E-state index contributed by atoms with van der Waals surface area (Å²) in [5.41, 5.74) is 0.978. The number of aromatic nitrogens is 2. The van der Waals surface area contributed by atoms with E-state index < -0.39 is 0 Å². The summed E-state index contributed by atoms with van der Waals surface area (Å²) in [7, 11) is 0. The van der Waals surface area contributed by atoms with Gasteiger partial charge in [-0.15, -0.1) is 0 Å². The number of amides is 1. The average Bonchev–Trinajstić information content (AvgIpc) is 2.95. The normalized spacial score (nSPS) is 10.3. The lowest BCUT2D eigenvalue weighted by Gasteiger charge is -2.07. The summed E-state index contributed by atoms with van der Waals surface area (Å²) in [6.45, 7) is 1.80. The highest BCUT2D eigenvalue weighted by Gasteiger charge is 2.10. The molecule has 0 unspecified atom stereocenters. The van der Waals surface area contributed by atoms with E-state index in [-0.39, 0.29) is 5.91 Å². The Labute approximate surface area is 137 Å². The quantitative estimate of drug-likeness (QED) is 0.756. The van der Waals surface area contributed by atoms with Crippen molar-refractivity contribution < 1.29 is 9.32 Å². The fraction of sp³-hybridized carbons (Fsp3) is 0.0625. The monoisotopic (exact) mass is 328 g/mol. The lowest BCUT2D eigenvalue weighted by Crippen LogP contribution is -2.12. The molecule has 7 heteroatoms. The van der Waals surface area contributed by atoms with Crippen LogP contribution in [-0.4, -0.2) is 16.0 Å². The second-order valence-electron chi connectivity index (χ2n) is 4.81. The van der Waals surface area contributed by atoms with Crippen molar-refractivity contribution in [1.82, 2.24) is 10.1 Å². The zero-order chi connectivity index (χ0) is 16.2. The van der Waals surface area contributed by atoms with E-state index in [1.165, 1.54) is 0 Å². The van der Waals surface area contributed by atoms with Gasteiger partial charge in [-0.3, -0.25) is 4.79 Å². The molecule has 23 heavy (non-hydrogen) atoms. The second kappa shape index (κ2) is 6.50. The van der Waals surface area contributed by atoms with Crippen molar-refractivity contribution in [3.05, 3.63) is 65.0 Å². The van der Waals surface area contributed by atoms with Gasteiger partial charge in [-0.1, -0.05) is 28.9 Å². The average molecular weight is 329 g/mol. The number of hydrogen-bond acceptors (Lipinski definition) is 5. The van der Waals surface area contributed by atoms with Gasteiger partial charge in [0.1, 0.15) is 11.6 Å². The summed E-state index contributed by atoms with van der Waals surface area (Å²) in [5, 5.41) is 9.96. The highest BCUT2D eigenvalue weighted by Crippen LogP contribution is 2.19. The molecule has 1 aromatic carbocycles. The fourth-order valence-corrected chi connectivity index (χ4v) is 2.16. The Bertz CT molecular complexity index is 830. The number of pyridine rings is 1. The Morgan fingerprint density at radius 2 is 2.00 bits per heavy atom. The number of aryl methyl sites for hydroxylation is 1. The first-order chi connectivity index (χ1) is 11.1. The molecule has 0 fully saturated rings. The predicted molar refractivity (Wildman–Crippen MR) is 88.2 cm³/mol. The third-order valence-electron chi connectivity index (χ3n) is 3.02. The highest BCUT2D eigenvalue weighted by atomic mass is 35.5. The summed E-state index contributed by atoms with van der Waals surface area (Å²) in [5.74, 6) is 1.58. The van der Waals surface area contributed by atoms with Crippen LogP contribution in [0.15, 0.2) is 53.2 Å². The van der Waals surface area contributed by atoms with Crippen molar-refractivity contribution in [2.24, 2.45) is 0 Å². The first kappa shape index (κ1) is 15.1. The van der Waals surface area contributed by atoms with E-state index in [4.69, 9.17) is 16.1 Å². The SMILES string of the molecule is Cc1cc(Nc2ccc(NC(=O)c3ccccc3Cl)cn2)no1. The lowest BCUT2D eigenvalue weighted by molar-refractivity contribution is 0.102. The number of carbonyl (C=O) groups is 1. The second-order valence-corrected chi connectivity index (χ2v) is 5.22. The summed E-state index contributed by atoms with van der Waals surface area (Å²) >= 11 is 6.00. The minimum absolute atomic E-state index is 0.287. The molecule has 0 radical (unpaired) electrons. The number of halogens is 1. The summed E-state index contributed by atoms with van der Waals surface area (Å²) in [6, 6.07) is 12.1. The Balaban J connectivity index is 1.68. The predicted octanol–water partition coefficient (Wildman–Crippen LogP) is 4.03. The summed E-state index contributed by atoms with van der Waals surface area (Å²) < 4.78 is 4.96. The minimum Gasteiger partial charge on any atom is -0.360 e. The van der Waals surface area contributed by atoms with Gasteiger partial charge in [0.25, 0.3) is 5.91 Å². The van der Waals surface area contributed by atoms with Gasteiger partial charge >= 0.3 is 0 Å². The van der Waals surface area contributed by atoms with Crippen molar-refractivity contribution in [1.29, 1.82) is 0 Å². The number of hydrogen-bond donors (Lipinski definition) is 2. The third-order valence-corrected chi connectivity index (χ3v) is 3.35. The zero-order valence-electron chi connectivity index (χ0n) is 12.2. The van der Waals surface area contributed by atoms with Gasteiger partial charge in [0.2, 0.25) is 0 Å². The topological polar surface area (TPSA) is 80.0 Å². The molecule has 0 spiro atoms. The van der Waals surface area contributed by atoms with Gasteiger partial charge < -0.3 is 15.2 Å². The van der Waals surface area contributed by atoms with Crippen LogP contribution < -0.4 is 10.6 Å². The molecule has 3 rings (SSSR count). The number of nitrogens with one attached hydrogen (secondary N) is 2. The fourth-order valence-electron chi connectivity index (χ4n) is 1.94. The van der Waals surface area contributed by atoms with E-state index in [2.05, 4.69) is 20.8 Å². The molecule has 2 aromatic heterocycles. The molecule has 2 heterocycles. The molecule has 116 valence electrons. The molecule has 0 saturated carbocycles. The van der Waals surface area contributed by atoms with Gasteiger partial charge in [0.15, 0.2) is 5.82 Å². The molecule has 0 aliphatic heterocycles. The van der Waals surface area contributed by atoms with E-state index in [0.29, 0.717) is 33.7 Å². The molecule has 3 aromatic rings. The third kappa shape index (κ3) is 3.67. The molecular formula is C16H13ClN4O2. The van der Waals surface area contributed by atoms with Crippen LogP contribution in [0.3, 0.4) is 0 Å². The smallest absolute Gasteiger partial charge is 0.257 e. The Hall–Kier alpha value is -2.86. The van der Waals surface area contributed by atoms with Gasteiger partial charge in [-0.25, -0.2) is 4.98 Å². The number of benzene rings is 1. The molecular weight excluding hydrogens is 316 g/mol. The molecule has 0 aliphatic carbocycles. The van der Waals surface area contributed by atoms with Crippen molar-refractivity contribution >= 4 is 34.8 Å².